The van der Waals surface area contributed by atoms with Crippen molar-refractivity contribution in [2.45, 2.75) is 52.4 Å². The highest BCUT2D eigenvalue weighted by molar-refractivity contribution is 4.76. The molecule has 0 spiro atoms. The fourth-order valence-electron chi connectivity index (χ4n) is 3.12. The lowest BCUT2D eigenvalue weighted by atomic mass is 9.76. The van der Waals surface area contributed by atoms with E-state index in [4.69, 9.17) is 4.74 Å². The van der Waals surface area contributed by atoms with Crippen LogP contribution in [0.3, 0.4) is 0 Å². The molecule has 102 valence electrons. The first-order chi connectivity index (χ1) is 8.24. The number of hydrogen-bond donors (Lipinski definition) is 1. The molecule has 17 heavy (non-hydrogen) atoms. The van der Waals surface area contributed by atoms with E-state index in [1.807, 2.05) is 0 Å². The summed E-state index contributed by atoms with van der Waals surface area (Å²) in [4.78, 5) is 0. The molecule has 1 saturated carbocycles. The summed E-state index contributed by atoms with van der Waals surface area (Å²) >= 11 is 0. The second-order valence-electron chi connectivity index (χ2n) is 5.98. The van der Waals surface area contributed by atoms with Crippen LogP contribution >= 0.6 is 0 Å². The number of rotatable bonds is 8. The van der Waals surface area contributed by atoms with Crippen LogP contribution in [0.25, 0.3) is 0 Å². The Labute approximate surface area is 108 Å². The van der Waals surface area contributed by atoms with E-state index in [2.05, 4.69) is 19.2 Å². The van der Waals surface area contributed by atoms with Crippen molar-refractivity contribution in [3.05, 3.63) is 0 Å². The highest BCUT2D eigenvalue weighted by Crippen LogP contribution is 2.32. The first kappa shape index (κ1) is 15.0. The topological polar surface area (TPSA) is 21.3 Å². The minimum Gasteiger partial charge on any atom is -0.383 e. The average molecular weight is 241 g/mol. The summed E-state index contributed by atoms with van der Waals surface area (Å²) < 4.78 is 5.09. The van der Waals surface area contributed by atoms with Crippen molar-refractivity contribution < 1.29 is 4.74 Å². The van der Waals surface area contributed by atoms with Gasteiger partial charge in [0.2, 0.25) is 0 Å². The molecule has 0 aromatic heterocycles. The van der Waals surface area contributed by atoms with E-state index in [1.54, 1.807) is 7.11 Å². The molecule has 0 heterocycles. The lowest BCUT2D eigenvalue weighted by molar-refractivity contribution is 0.183. The van der Waals surface area contributed by atoms with Gasteiger partial charge in [-0.15, -0.1) is 0 Å². The summed E-state index contributed by atoms with van der Waals surface area (Å²) in [5.41, 5.74) is 0. The van der Waals surface area contributed by atoms with E-state index in [-0.39, 0.29) is 0 Å². The van der Waals surface area contributed by atoms with E-state index < -0.39 is 0 Å². The third-order valence-corrected chi connectivity index (χ3v) is 3.98. The maximum Gasteiger partial charge on any atom is 0.0587 e. The lowest BCUT2D eigenvalue weighted by Gasteiger charge is -2.31. The molecule has 0 aromatic rings. The van der Waals surface area contributed by atoms with Crippen LogP contribution in [0.4, 0.5) is 0 Å². The minimum absolute atomic E-state index is 0.825. The SMILES string of the molecule is COCCNCC(CC(C)C)C1CCCCC1. The van der Waals surface area contributed by atoms with Gasteiger partial charge >= 0.3 is 0 Å². The zero-order valence-corrected chi connectivity index (χ0v) is 12.0. The number of nitrogens with one attached hydrogen (secondary N) is 1. The monoisotopic (exact) mass is 241 g/mol. The Morgan fingerprint density at radius 3 is 2.47 bits per heavy atom. The van der Waals surface area contributed by atoms with Gasteiger partial charge in [-0.3, -0.25) is 0 Å². The zero-order chi connectivity index (χ0) is 12.5. The zero-order valence-electron chi connectivity index (χ0n) is 12.0. The molecule has 0 amide bonds. The first-order valence-corrected chi connectivity index (χ1v) is 7.43. The third-order valence-electron chi connectivity index (χ3n) is 3.98. The fraction of sp³-hybridized carbons (Fsp3) is 1.00. The molecule has 0 bridgehead atoms. The number of methoxy groups -OCH3 is 1. The van der Waals surface area contributed by atoms with Crippen LogP contribution in [0.1, 0.15) is 52.4 Å². The normalized spacial score (nSPS) is 19.8. The van der Waals surface area contributed by atoms with Crippen molar-refractivity contribution in [3.8, 4) is 0 Å². The van der Waals surface area contributed by atoms with Gasteiger partial charge in [0.05, 0.1) is 6.61 Å². The van der Waals surface area contributed by atoms with E-state index in [1.165, 1.54) is 45.1 Å². The Morgan fingerprint density at radius 2 is 1.88 bits per heavy atom. The molecular weight excluding hydrogens is 210 g/mol. The van der Waals surface area contributed by atoms with Gasteiger partial charge in [-0.05, 0) is 30.7 Å². The van der Waals surface area contributed by atoms with Gasteiger partial charge in [0.1, 0.15) is 0 Å². The predicted molar refractivity (Wildman–Crippen MR) is 74.3 cm³/mol. The molecular formula is C15H31NO. The molecule has 1 rings (SSSR count). The molecule has 1 N–H and O–H groups in total. The standard InChI is InChI=1S/C15H31NO/c1-13(2)11-15(12-16-9-10-17-3)14-7-5-4-6-8-14/h13-16H,4-12H2,1-3H3. The summed E-state index contributed by atoms with van der Waals surface area (Å²) in [5, 5.41) is 3.56. The van der Waals surface area contributed by atoms with Crippen molar-refractivity contribution in [3.63, 3.8) is 0 Å². The van der Waals surface area contributed by atoms with E-state index in [0.717, 1.165) is 30.9 Å². The number of ether oxygens (including phenoxy) is 1. The molecule has 2 heteroatoms. The van der Waals surface area contributed by atoms with Crippen LogP contribution in [0.5, 0.6) is 0 Å². The fourth-order valence-corrected chi connectivity index (χ4v) is 3.12. The van der Waals surface area contributed by atoms with E-state index in [9.17, 15) is 0 Å². The Bertz CT molecular complexity index is 176. The third kappa shape index (κ3) is 6.42. The summed E-state index contributed by atoms with van der Waals surface area (Å²) in [7, 11) is 1.77. The molecule has 0 aliphatic heterocycles. The molecule has 1 fully saturated rings. The van der Waals surface area contributed by atoms with Crippen molar-refractivity contribution in [2.75, 3.05) is 26.8 Å². The smallest absolute Gasteiger partial charge is 0.0587 e. The highest BCUT2D eigenvalue weighted by atomic mass is 16.5. The maximum absolute atomic E-state index is 5.09. The lowest BCUT2D eigenvalue weighted by Crippen LogP contribution is -2.32. The summed E-state index contributed by atoms with van der Waals surface area (Å²) in [6.07, 6.45) is 8.67. The van der Waals surface area contributed by atoms with Crippen molar-refractivity contribution in [2.24, 2.45) is 17.8 Å². The van der Waals surface area contributed by atoms with Gasteiger partial charge in [-0.1, -0.05) is 46.0 Å². The van der Waals surface area contributed by atoms with Gasteiger partial charge in [-0.2, -0.15) is 0 Å². The van der Waals surface area contributed by atoms with Gasteiger partial charge in [-0.25, -0.2) is 0 Å². The Hall–Kier alpha value is -0.0800. The Morgan fingerprint density at radius 1 is 1.18 bits per heavy atom. The second kappa shape index (κ2) is 8.93. The molecule has 1 aliphatic carbocycles. The molecule has 1 aliphatic rings. The minimum atomic E-state index is 0.825. The summed E-state index contributed by atoms with van der Waals surface area (Å²) in [6.45, 7) is 7.72. The summed E-state index contributed by atoms with van der Waals surface area (Å²) in [6, 6.07) is 0. The highest BCUT2D eigenvalue weighted by Gasteiger charge is 2.23. The second-order valence-corrected chi connectivity index (χ2v) is 5.98. The molecule has 0 radical (unpaired) electrons. The maximum atomic E-state index is 5.09. The van der Waals surface area contributed by atoms with E-state index >= 15 is 0 Å². The summed E-state index contributed by atoms with van der Waals surface area (Å²) in [5.74, 6) is 2.68. The van der Waals surface area contributed by atoms with Crippen LogP contribution in [-0.2, 0) is 4.74 Å². The molecule has 0 aromatic carbocycles. The Balaban J connectivity index is 2.30. The van der Waals surface area contributed by atoms with Crippen LogP contribution in [-0.4, -0.2) is 26.8 Å². The first-order valence-electron chi connectivity index (χ1n) is 7.43. The van der Waals surface area contributed by atoms with Gasteiger partial charge in [0, 0.05) is 13.7 Å². The average Bonchev–Trinajstić information content (AvgIpc) is 2.34. The van der Waals surface area contributed by atoms with Crippen LogP contribution in [0, 0.1) is 17.8 Å². The largest absolute Gasteiger partial charge is 0.383 e. The number of hydrogen-bond acceptors (Lipinski definition) is 2. The predicted octanol–water partition coefficient (Wildman–Crippen LogP) is 3.47. The molecule has 2 nitrogen and oxygen atoms in total. The van der Waals surface area contributed by atoms with Crippen molar-refractivity contribution in [1.82, 2.24) is 5.32 Å². The molecule has 1 unspecified atom stereocenters. The van der Waals surface area contributed by atoms with Crippen LogP contribution in [0.2, 0.25) is 0 Å². The van der Waals surface area contributed by atoms with Gasteiger partial charge in [0.15, 0.2) is 0 Å². The van der Waals surface area contributed by atoms with Crippen LogP contribution in [0.15, 0.2) is 0 Å². The van der Waals surface area contributed by atoms with Crippen molar-refractivity contribution >= 4 is 0 Å². The van der Waals surface area contributed by atoms with Gasteiger partial charge in [0.25, 0.3) is 0 Å². The van der Waals surface area contributed by atoms with Gasteiger partial charge < -0.3 is 10.1 Å². The van der Waals surface area contributed by atoms with Crippen LogP contribution < -0.4 is 5.32 Å². The molecule has 1 atom stereocenters. The van der Waals surface area contributed by atoms with Crippen molar-refractivity contribution in [1.29, 1.82) is 0 Å². The Kier molecular flexibility index (Phi) is 7.87. The van der Waals surface area contributed by atoms with E-state index in [0.29, 0.717) is 0 Å². The quantitative estimate of drug-likeness (QED) is 0.657. The molecule has 0 saturated heterocycles.